The van der Waals surface area contributed by atoms with E-state index in [-0.39, 0.29) is 30.0 Å². The summed E-state index contributed by atoms with van der Waals surface area (Å²) in [7, 11) is 0. The molecule has 30 heavy (non-hydrogen) atoms. The van der Waals surface area contributed by atoms with Crippen molar-refractivity contribution in [2.45, 2.75) is 38.3 Å². The predicted molar refractivity (Wildman–Crippen MR) is 106 cm³/mol. The van der Waals surface area contributed by atoms with Gasteiger partial charge in [-0.15, -0.1) is 0 Å². The van der Waals surface area contributed by atoms with Crippen molar-refractivity contribution >= 4 is 17.5 Å². The van der Waals surface area contributed by atoms with Crippen LogP contribution in [-0.2, 0) is 28.9 Å². The van der Waals surface area contributed by atoms with E-state index in [1.807, 2.05) is 0 Å². The minimum absolute atomic E-state index is 0.00846. The first-order valence-electron chi connectivity index (χ1n) is 9.98. The van der Waals surface area contributed by atoms with Crippen molar-refractivity contribution in [3.05, 3.63) is 56.9 Å². The Balaban J connectivity index is 1.38. The quantitative estimate of drug-likeness (QED) is 0.543. The maximum absolute atomic E-state index is 12.7. The number of nitrogens with one attached hydrogen (secondary N) is 2. The summed E-state index contributed by atoms with van der Waals surface area (Å²) in [5.74, 6) is -0.367. The largest absolute Gasteiger partial charge is 0.376 e. The number of rotatable bonds is 6. The summed E-state index contributed by atoms with van der Waals surface area (Å²) in [5.41, 5.74) is 2.62. The number of aromatic amines is 1. The molecule has 1 fully saturated rings. The third kappa shape index (κ3) is 4.33. The van der Waals surface area contributed by atoms with Crippen LogP contribution in [0, 0.1) is 10.1 Å². The van der Waals surface area contributed by atoms with Gasteiger partial charge in [-0.05, 0) is 18.4 Å². The van der Waals surface area contributed by atoms with Crippen LogP contribution >= 0.6 is 0 Å². The Morgan fingerprint density at radius 2 is 2.13 bits per heavy atom. The van der Waals surface area contributed by atoms with E-state index in [0.29, 0.717) is 37.3 Å². The average Bonchev–Trinajstić information content (AvgIpc) is 3.41. The van der Waals surface area contributed by atoms with E-state index in [1.165, 1.54) is 12.1 Å². The van der Waals surface area contributed by atoms with Gasteiger partial charge < -0.3 is 15.0 Å². The molecular formula is C20H23N5O5. The van der Waals surface area contributed by atoms with Crippen LogP contribution in [0.25, 0.3) is 0 Å². The van der Waals surface area contributed by atoms with Crippen LogP contribution in [-0.4, -0.2) is 57.6 Å². The minimum Gasteiger partial charge on any atom is -0.376 e. The van der Waals surface area contributed by atoms with Crippen LogP contribution in [0.15, 0.2) is 24.3 Å². The summed E-state index contributed by atoms with van der Waals surface area (Å²) in [5, 5.41) is 20.7. The number of benzene rings is 1. The molecule has 2 N–H and O–H groups in total. The molecule has 1 saturated heterocycles. The van der Waals surface area contributed by atoms with Crippen LogP contribution in [0.5, 0.6) is 0 Å². The summed E-state index contributed by atoms with van der Waals surface area (Å²) >= 11 is 0. The minimum atomic E-state index is -0.470. The molecule has 0 unspecified atom stereocenters. The molecule has 0 radical (unpaired) electrons. The Labute approximate surface area is 172 Å². The lowest BCUT2D eigenvalue weighted by molar-refractivity contribution is -0.384. The summed E-state index contributed by atoms with van der Waals surface area (Å²) in [6.07, 6.45) is 2.72. The number of fused-ring (bicyclic) bond motifs is 1. The lowest BCUT2D eigenvalue weighted by Crippen LogP contribution is -2.38. The normalized spacial score (nSPS) is 18.1. The van der Waals surface area contributed by atoms with Gasteiger partial charge in [-0.1, -0.05) is 12.1 Å². The lowest BCUT2D eigenvalue weighted by atomic mass is 10.0. The molecule has 2 aromatic rings. The number of nitro groups is 1. The molecule has 10 heteroatoms. The van der Waals surface area contributed by atoms with E-state index in [2.05, 4.69) is 15.5 Å². The van der Waals surface area contributed by atoms with Crippen molar-refractivity contribution < 1.29 is 19.2 Å². The van der Waals surface area contributed by atoms with E-state index in [0.717, 1.165) is 30.7 Å². The van der Waals surface area contributed by atoms with Crippen molar-refractivity contribution in [1.82, 2.24) is 20.4 Å². The topological polar surface area (TPSA) is 130 Å². The second-order valence-corrected chi connectivity index (χ2v) is 7.54. The van der Waals surface area contributed by atoms with Gasteiger partial charge in [0.2, 0.25) is 5.91 Å². The second-order valence-electron chi connectivity index (χ2n) is 7.54. The van der Waals surface area contributed by atoms with Gasteiger partial charge >= 0.3 is 0 Å². The number of carbonyl (C=O) groups is 2. The van der Waals surface area contributed by atoms with Crippen LogP contribution in [0.2, 0.25) is 0 Å². The number of nitro benzene ring substituents is 1. The Morgan fingerprint density at radius 3 is 2.83 bits per heavy atom. The van der Waals surface area contributed by atoms with Crippen molar-refractivity contribution in [2.75, 3.05) is 19.7 Å². The van der Waals surface area contributed by atoms with E-state index < -0.39 is 4.92 Å². The Bertz CT molecular complexity index is 949. The van der Waals surface area contributed by atoms with E-state index in [1.54, 1.807) is 17.0 Å². The molecule has 1 atom stereocenters. The number of non-ortho nitro benzene ring substituents is 1. The van der Waals surface area contributed by atoms with Gasteiger partial charge in [-0.3, -0.25) is 24.8 Å². The first kappa shape index (κ1) is 20.0. The number of hydrogen-bond acceptors (Lipinski definition) is 6. The van der Waals surface area contributed by atoms with E-state index in [4.69, 9.17) is 4.74 Å². The Morgan fingerprint density at radius 1 is 1.33 bits per heavy atom. The van der Waals surface area contributed by atoms with Gasteiger partial charge in [0.1, 0.15) is 0 Å². The smallest absolute Gasteiger partial charge is 0.272 e. The second kappa shape index (κ2) is 8.62. The standard InChI is InChI=1S/C20H23N5O5/c26-18(10-13-3-5-14(6-4-13)25(28)29)24-8-7-17-16(12-24)19(23-22-17)20(27)21-11-15-2-1-9-30-15/h3-6,15H,1-2,7-12H2,(H,21,27)(H,22,23)/t15-/m0/s1. The maximum Gasteiger partial charge on any atom is 0.272 e. The molecule has 0 aliphatic carbocycles. The third-order valence-corrected chi connectivity index (χ3v) is 5.52. The molecule has 0 bridgehead atoms. The zero-order valence-corrected chi connectivity index (χ0v) is 16.4. The van der Waals surface area contributed by atoms with Gasteiger partial charge in [0.05, 0.1) is 17.4 Å². The Hall–Kier alpha value is -3.27. The maximum atomic E-state index is 12.7. The highest BCUT2D eigenvalue weighted by Crippen LogP contribution is 2.22. The number of amides is 2. The van der Waals surface area contributed by atoms with Crippen molar-refractivity contribution in [3.63, 3.8) is 0 Å². The third-order valence-electron chi connectivity index (χ3n) is 5.52. The fourth-order valence-corrected chi connectivity index (χ4v) is 3.81. The van der Waals surface area contributed by atoms with Crippen molar-refractivity contribution in [3.8, 4) is 0 Å². The van der Waals surface area contributed by atoms with Gasteiger partial charge in [-0.2, -0.15) is 5.10 Å². The number of H-pyrrole nitrogens is 1. The zero-order chi connectivity index (χ0) is 21.1. The molecule has 0 spiro atoms. The number of nitrogens with zero attached hydrogens (tertiary/aromatic N) is 3. The molecule has 2 aliphatic rings. The first-order valence-corrected chi connectivity index (χ1v) is 9.98. The highest BCUT2D eigenvalue weighted by molar-refractivity contribution is 5.94. The number of ether oxygens (including phenoxy) is 1. The van der Waals surface area contributed by atoms with Crippen LogP contribution in [0.3, 0.4) is 0 Å². The van der Waals surface area contributed by atoms with Crippen molar-refractivity contribution in [1.29, 1.82) is 0 Å². The molecule has 2 amide bonds. The molecule has 2 aliphatic heterocycles. The number of carbonyl (C=O) groups excluding carboxylic acids is 2. The predicted octanol–water partition coefficient (Wildman–Crippen LogP) is 1.35. The molecule has 3 heterocycles. The Kier molecular flexibility index (Phi) is 5.75. The summed E-state index contributed by atoms with van der Waals surface area (Å²) in [4.78, 5) is 37.3. The van der Waals surface area contributed by atoms with Crippen molar-refractivity contribution in [2.24, 2.45) is 0 Å². The van der Waals surface area contributed by atoms with Gasteiger partial charge in [0.15, 0.2) is 5.69 Å². The molecule has 1 aromatic carbocycles. The van der Waals surface area contributed by atoms with Crippen LogP contribution < -0.4 is 5.32 Å². The molecule has 158 valence electrons. The fraction of sp³-hybridized carbons (Fsp3) is 0.450. The zero-order valence-electron chi connectivity index (χ0n) is 16.4. The highest BCUT2D eigenvalue weighted by Gasteiger charge is 2.28. The molecular weight excluding hydrogens is 390 g/mol. The summed E-state index contributed by atoms with van der Waals surface area (Å²) in [6.45, 7) is 2.01. The van der Waals surface area contributed by atoms with E-state index >= 15 is 0 Å². The van der Waals surface area contributed by atoms with Crippen LogP contribution in [0.4, 0.5) is 5.69 Å². The summed E-state index contributed by atoms with van der Waals surface area (Å²) in [6, 6.07) is 5.97. The van der Waals surface area contributed by atoms with E-state index in [9.17, 15) is 19.7 Å². The fourth-order valence-electron chi connectivity index (χ4n) is 3.81. The molecule has 4 rings (SSSR count). The van der Waals surface area contributed by atoms with Gasteiger partial charge in [0.25, 0.3) is 11.6 Å². The molecule has 0 saturated carbocycles. The SMILES string of the molecule is O=C(NC[C@@H]1CCCO1)c1n[nH]c2c1CN(C(=O)Cc1ccc([N+](=O)[O-])cc1)CC2. The molecule has 1 aromatic heterocycles. The highest BCUT2D eigenvalue weighted by atomic mass is 16.6. The van der Waals surface area contributed by atoms with Gasteiger partial charge in [0, 0.05) is 56.1 Å². The van der Waals surface area contributed by atoms with Crippen LogP contribution in [0.1, 0.15) is 40.2 Å². The number of aromatic nitrogens is 2. The molecule has 10 nitrogen and oxygen atoms in total. The summed E-state index contributed by atoms with van der Waals surface area (Å²) < 4.78 is 5.53. The number of hydrogen-bond donors (Lipinski definition) is 2. The van der Waals surface area contributed by atoms with Gasteiger partial charge in [-0.25, -0.2) is 0 Å². The first-order chi connectivity index (χ1) is 14.5. The monoisotopic (exact) mass is 413 g/mol. The average molecular weight is 413 g/mol. The lowest BCUT2D eigenvalue weighted by Gasteiger charge is -2.27.